The van der Waals surface area contributed by atoms with Gasteiger partial charge in [0, 0.05) is 57.5 Å². The molecule has 246 valence electrons. The van der Waals surface area contributed by atoms with Gasteiger partial charge in [-0.25, -0.2) is 4.79 Å². The second kappa shape index (κ2) is 15.4. The van der Waals surface area contributed by atoms with E-state index >= 15 is 0 Å². The molecule has 0 aliphatic carbocycles. The topological polar surface area (TPSA) is 236 Å². The molecule has 0 saturated carbocycles. The average molecular weight is 649 g/mol. The fourth-order valence-electron chi connectivity index (χ4n) is 4.49. The van der Waals surface area contributed by atoms with Gasteiger partial charge in [-0.1, -0.05) is 0 Å². The van der Waals surface area contributed by atoms with Crippen LogP contribution in [0.25, 0.3) is 0 Å². The van der Waals surface area contributed by atoms with Crippen LogP contribution in [0.4, 0.5) is 16.2 Å². The van der Waals surface area contributed by atoms with Gasteiger partial charge in [0.1, 0.15) is 31.2 Å². The van der Waals surface area contributed by atoms with Gasteiger partial charge in [0.25, 0.3) is 11.4 Å². The summed E-state index contributed by atoms with van der Waals surface area (Å²) in [5, 5.41) is 22.5. The minimum Gasteiger partial charge on any atom is -0.463 e. The Morgan fingerprint density at radius 3 is 1.80 bits per heavy atom. The van der Waals surface area contributed by atoms with Crippen molar-refractivity contribution in [3.63, 3.8) is 0 Å². The molecule has 0 aromatic heterocycles. The molecular weight excluding hydrogens is 620 g/mol. The molecule has 5 atom stereocenters. The third-order valence-corrected chi connectivity index (χ3v) is 6.23. The molecule has 1 saturated heterocycles. The lowest BCUT2D eigenvalue weighted by Crippen LogP contribution is -2.59. The Balaban J connectivity index is 2.03. The number of ether oxygens (including phenoxy) is 7. The Hall–Kier alpha value is -5.65. The maximum atomic E-state index is 12.5. The zero-order chi connectivity index (χ0) is 34.1. The second-order valence-corrected chi connectivity index (χ2v) is 9.65. The SMILES string of the molecule is CC(=O)OC[C@H]1OC(c2ccc([N+](=O)[O-])cc2COC(=O)Oc2ccc([N+](=O)[O-])cc2)[C@H](OC(C)=O)[C@@H](OC(C)=O)[C@H]1OC(C)=O. The Kier molecular flexibility index (Phi) is 11.6. The summed E-state index contributed by atoms with van der Waals surface area (Å²) >= 11 is 0. The molecule has 1 aliphatic rings. The molecule has 0 amide bonds. The van der Waals surface area contributed by atoms with E-state index in [9.17, 15) is 44.2 Å². The van der Waals surface area contributed by atoms with Crippen molar-refractivity contribution in [2.75, 3.05) is 6.61 Å². The van der Waals surface area contributed by atoms with Crippen molar-refractivity contribution in [2.45, 2.75) is 64.8 Å². The number of nitro groups is 2. The maximum Gasteiger partial charge on any atom is 0.514 e. The Bertz CT molecular complexity index is 1510. The molecule has 18 heteroatoms. The third kappa shape index (κ3) is 9.42. The Labute approximate surface area is 259 Å². The highest BCUT2D eigenvalue weighted by Gasteiger charge is 2.53. The number of benzene rings is 2. The molecule has 0 radical (unpaired) electrons. The molecule has 0 N–H and O–H groups in total. The number of hydrogen-bond acceptors (Lipinski definition) is 16. The van der Waals surface area contributed by atoms with Gasteiger partial charge < -0.3 is 33.2 Å². The molecular formula is C28H28N2O16. The molecule has 2 aromatic carbocycles. The van der Waals surface area contributed by atoms with Gasteiger partial charge in [-0.2, -0.15) is 0 Å². The number of nitrogens with zero attached hydrogens (tertiary/aromatic N) is 2. The molecule has 1 aliphatic heterocycles. The van der Waals surface area contributed by atoms with E-state index in [1.807, 2.05) is 0 Å². The van der Waals surface area contributed by atoms with Crippen molar-refractivity contribution in [3.8, 4) is 5.75 Å². The van der Waals surface area contributed by atoms with Crippen LogP contribution in [0.1, 0.15) is 44.9 Å². The predicted molar refractivity (Wildman–Crippen MR) is 148 cm³/mol. The quantitative estimate of drug-likeness (QED) is 0.112. The van der Waals surface area contributed by atoms with Gasteiger partial charge in [-0.3, -0.25) is 39.4 Å². The second-order valence-electron chi connectivity index (χ2n) is 9.65. The van der Waals surface area contributed by atoms with E-state index in [1.54, 1.807) is 0 Å². The smallest absolute Gasteiger partial charge is 0.463 e. The van der Waals surface area contributed by atoms with E-state index < -0.39 is 89.3 Å². The third-order valence-electron chi connectivity index (χ3n) is 6.23. The first kappa shape index (κ1) is 34.8. The van der Waals surface area contributed by atoms with Crippen LogP contribution in [-0.2, 0) is 54.2 Å². The van der Waals surface area contributed by atoms with Crippen LogP contribution in [0.2, 0.25) is 0 Å². The largest absolute Gasteiger partial charge is 0.514 e. The zero-order valence-corrected chi connectivity index (χ0v) is 24.8. The lowest BCUT2D eigenvalue weighted by molar-refractivity contribution is -0.385. The van der Waals surface area contributed by atoms with Crippen LogP contribution in [0.5, 0.6) is 5.75 Å². The van der Waals surface area contributed by atoms with E-state index in [0.29, 0.717) is 0 Å². The van der Waals surface area contributed by atoms with Crippen LogP contribution in [0.3, 0.4) is 0 Å². The molecule has 0 spiro atoms. The highest BCUT2D eigenvalue weighted by atomic mass is 16.7. The standard InChI is InChI=1S/C28H28N2O16/c1-14(31)40-13-23-25(42-15(2)32)27(44-17(4)34)26(43-16(3)33)24(46-23)22-10-7-20(30(38)39)11-18(22)12-41-28(35)45-21-8-5-19(6-9-21)29(36)37/h5-11,23-27H,12-13H2,1-4H3/t23-,24?,25+,26+,27+/m1/s1. The van der Waals surface area contributed by atoms with Gasteiger partial charge in [0.2, 0.25) is 0 Å². The van der Waals surface area contributed by atoms with E-state index in [1.165, 1.54) is 6.07 Å². The number of hydrogen-bond donors (Lipinski definition) is 0. The summed E-state index contributed by atoms with van der Waals surface area (Å²) in [6, 6.07) is 7.83. The average Bonchev–Trinajstić information content (AvgIpc) is 2.96. The zero-order valence-electron chi connectivity index (χ0n) is 24.8. The van der Waals surface area contributed by atoms with Crippen molar-refractivity contribution < 1.29 is 67.0 Å². The number of non-ortho nitro benzene ring substituents is 2. The van der Waals surface area contributed by atoms with Crippen LogP contribution >= 0.6 is 0 Å². The Morgan fingerprint density at radius 2 is 1.26 bits per heavy atom. The van der Waals surface area contributed by atoms with Gasteiger partial charge in [-0.15, -0.1) is 0 Å². The molecule has 1 heterocycles. The highest BCUT2D eigenvalue weighted by molar-refractivity contribution is 5.69. The fourth-order valence-corrected chi connectivity index (χ4v) is 4.49. The molecule has 1 fully saturated rings. The lowest BCUT2D eigenvalue weighted by atomic mass is 9.88. The minimum atomic E-state index is -1.54. The van der Waals surface area contributed by atoms with Crippen LogP contribution < -0.4 is 4.74 Å². The molecule has 1 unspecified atom stereocenters. The predicted octanol–water partition coefficient (Wildman–Crippen LogP) is 3.02. The molecule has 46 heavy (non-hydrogen) atoms. The van der Waals surface area contributed by atoms with Crippen molar-refractivity contribution in [3.05, 3.63) is 73.8 Å². The number of esters is 4. The van der Waals surface area contributed by atoms with Gasteiger partial charge in [0.05, 0.1) is 9.85 Å². The fraction of sp³-hybridized carbons (Fsp3) is 0.393. The summed E-state index contributed by atoms with van der Waals surface area (Å²) in [7, 11) is 0. The number of nitro benzene ring substituents is 2. The maximum absolute atomic E-state index is 12.5. The summed E-state index contributed by atoms with van der Waals surface area (Å²) in [5.74, 6) is -3.41. The van der Waals surface area contributed by atoms with E-state index in [4.69, 9.17) is 33.2 Å². The monoisotopic (exact) mass is 648 g/mol. The first-order valence-corrected chi connectivity index (χ1v) is 13.3. The normalized spacial score (nSPS) is 20.4. The van der Waals surface area contributed by atoms with Crippen LogP contribution in [-0.4, -0.2) is 70.9 Å². The summed E-state index contributed by atoms with van der Waals surface area (Å²) < 4.78 is 37.6. The van der Waals surface area contributed by atoms with E-state index in [0.717, 1.165) is 64.1 Å². The minimum absolute atomic E-state index is 0.0456. The lowest BCUT2D eigenvalue weighted by Gasteiger charge is -2.45. The number of carbonyl (C=O) groups excluding carboxylic acids is 5. The van der Waals surface area contributed by atoms with Gasteiger partial charge in [0.15, 0.2) is 18.3 Å². The first-order chi connectivity index (χ1) is 21.7. The summed E-state index contributed by atoms with van der Waals surface area (Å²) in [6.07, 6.45) is -8.54. The molecule has 2 aromatic rings. The van der Waals surface area contributed by atoms with Gasteiger partial charge in [-0.05, 0) is 23.8 Å². The van der Waals surface area contributed by atoms with Crippen molar-refractivity contribution in [2.24, 2.45) is 0 Å². The summed E-state index contributed by atoms with van der Waals surface area (Å²) in [5.41, 5.74) is -0.689. The first-order valence-electron chi connectivity index (χ1n) is 13.3. The number of rotatable bonds is 11. The highest BCUT2D eigenvalue weighted by Crippen LogP contribution is 2.40. The van der Waals surface area contributed by atoms with E-state index in [2.05, 4.69) is 0 Å². The van der Waals surface area contributed by atoms with Crippen molar-refractivity contribution in [1.82, 2.24) is 0 Å². The summed E-state index contributed by atoms with van der Waals surface area (Å²) in [6.45, 7) is 3.06. The summed E-state index contributed by atoms with van der Waals surface area (Å²) in [4.78, 5) is 81.5. The number of carbonyl (C=O) groups is 5. The Morgan fingerprint density at radius 1 is 0.717 bits per heavy atom. The molecule has 3 rings (SSSR count). The van der Waals surface area contributed by atoms with Crippen LogP contribution in [0, 0.1) is 20.2 Å². The molecule has 0 bridgehead atoms. The van der Waals surface area contributed by atoms with E-state index in [-0.39, 0.29) is 22.6 Å². The molecule has 18 nitrogen and oxygen atoms in total. The van der Waals surface area contributed by atoms with Crippen molar-refractivity contribution in [1.29, 1.82) is 0 Å². The van der Waals surface area contributed by atoms with Gasteiger partial charge >= 0.3 is 30.0 Å². The van der Waals surface area contributed by atoms with Crippen LogP contribution in [0.15, 0.2) is 42.5 Å². The van der Waals surface area contributed by atoms with Crippen molar-refractivity contribution >= 4 is 41.4 Å².